The fraction of sp³-hybridized carbons (Fsp3) is 0.955. The topological polar surface area (TPSA) is 297 Å². The maximum Gasteiger partial charge on any atom is 0.249 e. The number of rotatable bonds is 10. The van der Waals surface area contributed by atoms with Crippen molar-refractivity contribution >= 4 is 5.91 Å². The Hall–Kier alpha value is -1.09. The lowest BCUT2D eigenvalue weighted by molar-refractivity contribution is -0.314. The molecule has 38 heavy (non-hydrogen) atoms. The summed E-state index contributed by atoms with van der Waals surface area (Å²) in [5.41, 5.74) is 29.6. The first-order chi connectivity index (χ1) is 18.0. The van der Waals surface area contributed by atoms with Gasteiger partial charge in [-0.15, -0.1) is 0 Å². The number of carbonyl (C=O) groups excluding carboxylic acids is 1. The molecule has 222 valence electrons. The molecule has 3 fully saturated rings. The molecule has 1 aliphatic carbocycles. The fourth-order valence-electron chi connectivity index (χ4n) is 5.02. The van der Waals surface area contributed by atoms with Crippen molar-refractivity contribution in [2.45, 2.75) is 111 Å². The van der Waals surface area contributed by atoms with Crippen molar-refractivity contribution < 1.29 is 49.3 Å². The van der Waals surface area contributed by atoms with E-state index in [9.17, 15) is 30.3 Å². The molecular weight excluding hydrogens is 508 g/mol. The zero-order valence-corrected chi connectivity index (χ0v) is 21.2. The third-order valence-corrected chi connectivity index (χ3v) is 7.37. The highest BCUT2D eigenvalue weighted by Gasteiger charge is 2.51. The summed E-state index contributed by atoms with van der Waals surface area (Å²) in [6, 6.07) is -3.54. The van der Waals surface area contributed by atoms with E-state index in [1.807, 2.05) is 0 Å². The first-order valence-electron chi connectivity index (χ1n) is 12.9. The highest BCUT2D eigenvalue weighted by molar-refractivity contribution is 5.80. The molecule has 2 aliphatic heterocycles. The van der Waals surface area contributed by atoms with Gasteiger partial charge in [-0.25, -0.2) is 0 Å². The maximum absolute atomic E-state index is 12.6. The van der Waals surface area contributed by atoms with Gasteiger partial charge in [0.2, 0.25) is 5.91 Å². The quantitative estimate of drug-likeness (QED) is 0.120. The van der Waals surface area contributed by atoms with E-state index in [2.05, 4.69) is 5.32 Å². The molecular formula is C22H44N6O10. The average molecular weight is 553 g/mol. The van der Waals surface area contributed by atoms with Crippen molar-refractivity contribution in [3.63, 3.8) is 0 Å². The number of aliphatic hydroxyl groups is 5. The van der Waals surface area contributed by atoms with E-state index in [-0.39, 0.29) is 32.0 Å². The van der Waals surface area contributed by atoms with Crippen LogP contribution in [-0.2, 0) is 23.7 Å². The van der Waals surface area contributed by atoms with Crippen molar-refractivity contribution in [2.75, 3.05) is 19.7 Å². The number of amides is 1. The van der Waals surface area contributed by atoms with Crippen LogP contribution in [0.1, 0.15) is 25.7 Å². The molecule has 14 atom stereocenters. The van der Waals surface area contributed by atoms with E-state index in [0.29, 0.717) is 12.8 Å². The van der Waals surface area contributed by atoms with E-state index < -0.39 is 92.0 Å². The van der Waals surface area contributed by atoms with Crippen LogP contribution >= 0.6 is 0 Å². The number of carbonyl (C=O) groups is 1. The Morgan fingerprint density at radius 2 is 1.63 bits per heavy atom. The summed E-state index contributed by atoms with van der Waals surface area (Å²) < 4.78 is 23.3. The zero-order valence-electron chi connectivity index (χ0n) is 21.2. The summed E-state index contributed by atoms with van der Waals surface area (Å²) >= 11 is 0. The van der Waals surface area contributed by atoms with E-state index in [4.69, 9.17) is 47.6 Å². The molecule has 3 rings (SSSR count). The number of hydrogen-bond acceptors (Lipinski definition) is 15. The molecule has 0 aromatic heterocycles. The Morgan fingerprint density at radius 1 is 0.947 bits per heavy atom. The van der Waals surface area contributed by atoms with Crippen molar-refractivity contribution in [1.82, 2.24) is 5.32 Å². The third kappa shape index (κ3) is 7.15. The monoisotopic (exact) mass is 552 g/mol. The van der Waals surface area contributed by atoms with Crippen LogP contribution in [0.5, 0.6) is 0 Å². The molecule has 3 aliphatic rings. The van der Waals surface area contributed by atoms with Crippen molar-refractivity contribution in [3.05, 3.63) is 0 Å². The summed E-state index contributed by atoms with van der Waals surface area (Å²) in [7, 11) is 0. The van der Waals surface area contributed by atoms with E-state index in [1.165, 1.54) is 0 Å². The second-order valence-corrected chi connectivity index (χ2v) is 10.2. The van der Waals surface area contributed by atoms with Gasteiger partial charge in [0.15, 0.2) is 12.6 Å². The molecule has 0 aromatic carbocycles. The molecule has 0 radical (unpaired) electrons. The summed E-state index contributed by atoms with van der Waals surface area (Å²) in [4.78, 5) is 12.6. The molecule has 2 saturated heterocycles. The third-order valence-electron chi connectivity index (χ3n) is 7.37. The molecule has 16 nitrogen and oxygen atoms in total. The van der Waals surface area contributed by atoms with Gasteiger partial charge >= 0.3 is 0 Å². The Labute approximate surface area is 220 Å². The predicted octanol–water partition coefficient (Wildman–Crippen LogP) is -6.40. The standard InChI is InChI=1S/C22H44N6O10/c23-4-3-12(30)20(34)28-11-5-10(26)18(37-21-9(25)2-1-8(6-24)35-21)17(33)19(11)38-22-16(32)14(27)15(31)13(7-29)36-22/h8-19,21-22,29-33H,1-7,23-27H2,(H,28,34)/t8?,9?,10-,11?,12-,13?,14?,15+,16?,17?,18?,19-,21+,22+/m0/s1. The lowest BCUT2D eigenvalue weighted by atomic mass is 9.83. The maximum atomic E-state index is 12.6. The summed E-state index contributed by atoms with van der Waals surface area (Å²) in [6.07, 6.45) is -10.8. The number of hydrogen-bond donors (Lipinski definition) is 11. The van der Waals surface area contributed by atoms with Gasteiger partial charge in [-0.2, -0.15) is 0 Å². The van der Waals surface area contributed by atoms with Crippen LogP contribution in [0.3, 0.4) is 0 Å². The smallest absolute Gasteiger partial charge is 0.249 e. The van der Waals surface area contributed by atoms with Crippen LogP contribution in [0, 0.1) is 0 Å². The van der Waals surface area contributed by atoms with Crippen molar-refractivity contribution in [1.29, 1.82) is 0 Å². The van der Waals surface area contributed by atoms with Gasteiger partial charge in [0.05, 0.1) is 30.8 Å². The molecule has 0 bridgehead atoms. The largest absolute Gasteiger partial charge is 0.394 e. The average Bonchev–Trinajstić information content (AvgIpc) is 2.89. The Kier molecular flexibility index (Phi) is 11.6. The summed E-state index contributed by atoms with van der Waals surface area (Å²) in [6.45, 7) is -0.296. The highest BCUT2D eigenvalue weighted by Crippen LogP contribution is 2.31. The van der Waals surface area contributed by atoms with Crippen molar-refractivity contribution in [3.8, 4) is 0 Å². The number of nitrogens with two attached hydrogens (primary N) is 5. The minimum atomic E-state index is -1.55. The van der Waals surface area contributed by atoms with Gasteiger partial charge in [0.1, 0.15) is 42.7 Å². The lowest BCUT2D eigenvalue weighted by Crippen LogP contribution is -2.69. The normalized spacial score (nSPS) is 44.9. The minimum Gasteiger partial charge on any atom is -0.394 e. The van der Waals surface area contributed by atoms with Crippen LogP contribution in [0.25, 0.3) is 0 Å². The van der Waals surface area contributed by atoms with Gasteiger partial charge in [-0.3, -0.25) is 4.79 Å². The van der Waals surface area contributed by atoms with E-state index in [1.54, 1.807) is 0 Å². The van der Waals surface area contributed by atoms with Crippen LogP contribution in [-0.4, -0.2) is 137 Å². The predicted molar refractivity (Wildman–Crippen MR) is 131 cm³/mol. The van der Waals surface area contributed by atoms with Gasteiger partial charge in [0, 0.05) is 12.6 Å². The molecule has 0 aromatic rings. The molecule has 1 amide bonds. The molecule has 16 heteroatoms. The van der Waals surface area contributed by atoms with E-state index in [0.717, 1.165) is 0 Å². The van der Waals surface area contributed by atoms with Gasteiger partial charge in [-0.05, 0) is 32.2 Å². The summed E-state index contributed by atoms with van der Waals surface area (Å²) in [5.74, 6) is -0.762. The molecule has 1 saturated carbocycles. The molecule has 8 unspecified atom stereocenters. The lowest BCUT2D eigenvalue weighted by Gasteiger charge is -2.48. The zero-order chi connectivity index (χ0) is 28.1. The summed E-state index contributed by atoms with van der Waals surface area (Å²) in [5, 5.41) is 54.4. The Morgan fingerprint density at radius 3 is 2.26 bits per heavy atom. The Balaban J connectivity index is 1.82. The van der Waals surface area contributed by atoms with E-state index >= 15 is 0 Å². The highest BCUT2D eigenvalue weighted by atomic mass is 16.7. The molecule has 2 heterocycles. The number of ether oxygens (including phenoxy) is 4. The first-order valence-corrected chi connectivity index (χ1v) is 12.9. The van der Waals surface area contributed by atoms with Crippen LogP contribution in [0.4, 0.5) is 0 Å². The van der Waals surface area contributed by atoms with Gasteiger partial charge < -0.3 is 78.5 Å². The Bertz CT molecular complexity index is 755. The first kappa shape index (κ1) is 31.4. The van der Waals surface area contributed by atoms with Crippen LogP contribution in [0.15, 0.2) is 0 Å². The number of aliphatic hydroxyl groups excluding tert-OH is 5. The molecule has 16 N–H and O–H groups in total. The second-order valence-electron chi connectivity index (χ2n) is 10.2. The fourth-order valence-corrected chi connectivity index (χ4v) is 5.02. The van der Waals surface area contributed by atoms with Gasteiger partial charge in [-0.1, -0.05) is 0 Å². The van der Waals surface area contributed by atoms with Crippen LogP contribution in [0.2, 0.25) is 0 Å². The number of nitrogens with one attached hydrogen (secondary N) is 1. The second kappa shape index (κ2) is 14.0. The van der Waals surface area contributed by atoms with Crippen LogP contribution < -0.4 is 34.0 Å². The minimum absolute atomic E-state index is 0.000983. The van der Waals surface area contributed by atoms with Crippen molar-refractivity contribution in [2.24, 2.45) is 28.7 Å². The SMILES string of the molecule is NCC[C@H](O)C(=O)NC1C[C@H](N)C(O[C@H]2OC(CN)CCC2N)C(O)[C@H]1O[C@H]1OC(CO)[C@@H](O)C(N)C1O. The van der Waals surface area contributed by atoms with Gasteiger partial charge in [0.25, 0.3) is 0 Å². The molecule has 0 spiro atoms.